The van der Waals surface area contributed by atoms with E-state index in [0.717, 1.165) is 14.5 Å². The van der Waals surface area contributed by atoms with Crippen LogP contribution in [0.2, 0.25) is 0 Å². The molecular weight excluding hydrogens is 276 g/mol. The summed E-state index contributed by atoms with van der Waals surface area (Å²) in [6, 6.07) is 0. The summed E-state index contributed by atoms with van der Waals surface area (Å²) >= 11 is 6.69. The van der Waals surface area contributed by atoms with Crippen molar-refractivity contribution in [2.45, 2.75) is 18.8 Å². The van der Waals surface area contributed by atoms with Crippen LogP contribution in [0.15, 0.2) is 20.6 Å². The molecule has 0 amide bonds. The predicted octanol–water partition coefficient (Wildman–Crippen LogP) is 2.04. The maximum atomic E-state index is 9.51. The lowest BCUT2D eigenvalue weighted by atomic mass is 10.1. The molecule has 0 spiro atoms. The van der Waals surface area contributed by atoms with Gasteiger partial charge in [0, 0.05) is 8.96 Å². The number of rotatable bonds is 0. The molecular formula is C7H6Br2O2. The molecule has 11 heavy (non-hydrogen) atoms. The van der Waals surface area contributed by atoms with Crippen LogP contribution in [0.4, 0.5) is 0 Å². The molecule has 0 aromatic carbocycles. The van der Waals surface area contributed by atoms with Gasteiger partial charge in [-0.3, -0.25) is 0 Å². The van der Waals surface area contributed by atoms with Gasteiger partial charge in [0.15, 0.2) is 6.10 Å². The molecule has 0 aromatic rings. The summed E-state index contributed by atoms with van der Waals surface area (Å²) in [5.41, 5.74) is 1.08. The Balaban J connectivity index is 2.45. The molecule has 0 saturated carbocycles. The third-order valence-corrected chi connectivity index (χ3v) is 3.74. The van der Waals surface area contributed by atoms with Crippen molar-refractivity contribution < 1.29 is 9.84 Å². The van der Waals surface area contributed by atoms with E-state index in [2.05, 4.69) is 31.9 Å². The first-order valence-electron chi connectivity index (χ1n) is 3.20. The van der Waals surface area contributed by atoms with Crippen LogP contribution < -0.4 is 0 Å². The summed E-state index contributed by atoms with van der Waals surface area (Å²) in [5, 5.41) is 9.51. The monoisotopic (exact) mass is 280 g/mol. The summed E-state index contributed by atoms with van der Waals surface area (Å²) in [6.45, 7) is 1.96. The van der Waals surface area contributed by atoms with E-state index >= 15 is 0 Å². The number of aliphatic hydroxyl groups is 1. The van der Waals surface area contributed by atoms with E-state index in [1.165, 1.54) is 0 Å². The molecule has 60 valence electrons. The quantitative estimate of drug-likeness (QED) is 0.689. The Hall–Kier alpha value is 0.360. The Morgan fingerprint density at radius 3 is 2.91 bits per heavy atom. The second kappa shape index (κ2) is 2.19. The molecule has 1 aliphatic carbocycles. The molecule has 4 heteroatoms. The molecule has 0 radical (unpaired) electrons. The van der Waals surface area contributed by atoms with Gasteiger partial charge in [-0.05, 0) is 18.6 Å². The standard InChI is InChI=1S/C7H6Br2O2/c1-3-4(8)2-7(10)6(11-7)5(3)9/h2,6,10H,1H3. The van der Waals surface area contributed by atoms with Crippen molar-refractivity contribution in [2.75, 3.05) is 0 Å². The van der Waals surface area contributed by atoms with E-state index < -0.39 is 5.79 Å². The second-order valence-corrected chi connectivity index (χ2v) is 4.42. The highest BCUT2D eigenvalue weighted by molar-refractivity contribution is 9.12. The number of fused-ring (bicyclic) bond motifs is 1. The molecule has 1 saturated heterocycles. The molecule has 0 bridgehead atoms. The number of halogens is 2. The highest BCUT2D eigenvalue weighted by Gasteiger charge is 2.58. The molecule has 2 rings (SSSR count). The maximum absolute atomic E-state index is 9.51. The lowest BCUT2D eigenvalue weighted by Crippen LogP contribution is -2.15. The zero-order valence-corrected chi connectivity index (χ0v) is 8.94. The fraction of sp³-hybridized carbons (Fsp3) is 0.429. The van der Waals surface area contributed by atoms with E-state index in [-0.39, 0.29) is 6.10 Å². The van der Waals surface area contributed by atoms with E-state index in [4.69, 9.17) is 4.74 Å². The first-order chi connectivity index (χ1) is 5.04. The minimum atomic E-state index is -1.04. The fourth-order valence-electron chi connectivity index (χ4n) is 1.10. The van der Waals surface area contributed by atoms with E-state index in [9.17, 15) is 5.11 Å². The minimum Gasteiger partial charge on any atom is -0.360 e. The van der Waals surface area contributed by atoms with Crippen molar-refractivity contribution >= 4 is 31.9 Å². The van der Waals surface area contributed by atoms with E-state index in [1.807, 2.05) is 6.92 Å². The lowest BCUT2D eigenvalue weighted by Gasteiger charge is -2.10. The Morgan fingerprint density at radius 2 is 2.27 bits per heavy atom. The summed E-state index contributed by atoms with van der Waals surface area (Å²) in [7, 11) is 0. The molecule has 2 nitrogen and oxygen atoms in total. The topological polar surface area (TPSA) is 32.8 Å². The summed E-state index contributed by atoms with van der Waals surface area (Å²) in [5.74, 6) is -1.04. The first kappa shape index (κ1) is 7.98. The SMILES string of the molecule is CC1=C(Br)C2OC2(O)C=C1Br. The van der Waals surface area contributed by atoms with Gasteiger partial charge in [-0.1, -0.05) is 31.9 Å². The van der Waals surface area contributed by atoms with Crippen LogP contribution in [0.25, 0.3) is 0 Å². The highest BCUT2D eigenvalue weighted by atomic mass is 79.9. The van der Waals surface area contributed by atoms with Gasteiger partial charge in [0.1, 0.15) is 0 Å². The smallest absolute Gasteiger partial charge is 0.219 e. The number of ether oxygens (including phenoxy) is 1. The number of hydrogen-bond donors (Lipinski definition) is 1. The third-order valence-electron chi connectivity index (χ3n) is 1.91. The Morgan fingerprint density at radius 1 is 1.64 bits per heavy atom. The number of hydrogen-bond acceptors (Lipinski definition) is 2. The van der Waals surface area contributed by atoms with Crippen LogP contribution in [0, 0.1) is 0 Å². The summed E-state index contributed by atoms with van der Waals surface area (Å²) in [6.07, 6.45) is 1.50. The van der Waals surface area contributed by atoms with Crippen molar-refractivity contribution in [2.24, 2.45) is 0 Å². The fourth-order valence-corrected chi connectivity index (χ4v) is 2.54. The average Bonchev–Trinajstić information content (AvgIpc) is 2.57. The van der Waals surface area contributed by atoms with Crippen LogP contribution in [0.3, 0.4) is 0 Å². The van der Waals surface area contributed by atoms with Crippen molar-refractivity contribution in [3.8, 4) is 0 Å². The largest absolute Gasteiger partial charge is 0.360 e. The third kappa shape index (κ3) is 1.04. The van der Waals surface area contributed by atoms with Gasteiger partial charge >= 0.3 is 0 Å². The van der Waals surface area contributed by atoms with Crippen LogP contribution in [0.1, 0.15) is 6.92 Å². The van der Waals surface area contributed by atoms with Gasteiger partial charge < -0.3 is 9.84 Å². The number of epoxide rings is 1. The van der Waals surface area contributed by atoms with Crippen LogP contribution >= 0.6 is 31.9 Å². The van der Waals surface area contributed by atoms with Crippen LogP contribution in [0.5, 0.6) is 0 Å². The van der Waals surface area contributed by atoms with E-state index in [0.29, 0.717) is 0 Å². The molecule has 2 atom stereocenters. The predicted molar refractivity (Wildman–Crippen MR) is 48.5 cm³/mol. The van der Waals surface area contributed by atoms with Gasteiger partial charge in [-0.2, -0.15) is 0 Å². The first-order valence-corrected chi connectivity index (χ1v) is 4.78. The summed E-state index contributed by atoms with van der Waals surface area (Å²) in [4.78, 5) is 0. The summed E-state index contributed by atoms with van der Waals surface area (Å²) < 4.78 is 6.88. The van der Waals surface area contributed by atoms with Crippen molar-refractivity contribution in [3.63, 3.8) is 0 Å². The normalized spacial score (nSPS) is 41.8. The van der Waals surface area contributed by atoms with E-state index in [1.54, 1.807) is 6.08 Å². The molecule has 1 fully saturated rings. The minimum absolute atomic E-state index is 0.177. The molecule has 2 unspecified atom stereocenters. The van der Waals surface area contributed by atoms with Gasteiger partial charge in [0.05, 0.1) is 0 Å². The van der Waals surface area contributed by atoms with Crippen molar-refractivity contribution in [1.82, 2.24) is 0 Å². The second-order valence-electron chi connectivity index (χ2n) is 2.71. The Kier molecular flexibility index (Phi) is 1.59. The number of allylic oxidation sites excluding steroid dienone is 2. The van der Waals surface area contributed by atoms with Crippen LogP contribution in [-0.2, 0) is 4.74 Å². The van der Waals surface area contributed by atoms with Gasteiger partial charge in [-0.15, -0.1) is 0 Å². The molecule has 1 N–H and O–H groups in total. The molecule has 2 aliphatic rings. The zero-order chi connectivity index (χ0) is 8.22. The average molecular weight is 282 g/mol. The van der Waals surface area contributed by atoms with Gasteiger partial charge in [-0.25, -0.2) is 0 Å². The molecule has 1 heterocycles. The Bertz CT molecular complexity index is 282. The van der Waals surface area contributed by atoms with Crippen molar-refractivity contribution in [3.05, 3.63) is 20.6 Å². The molecule has 1 aliphatic heterocycles. The highest BCUT2D eigenvalue weighted by Crippen LogP contribution is 2.49. The van der Waals surface area contributed by atoms with Gasteiger partial charge in [0.25, 0.3) is 0 Å². The van der Waals surface area contributed by atoms with Crippen LogP contribution in [-0.4, -0.2) is 17.0 Å². The van der Waals surface area contributed by atoms with Gasteiger partial charge in [0.2, 0.25) is 5.79 Å². The molecule has 0 aromatic heterocycles. The lowest BCUT2D eigenvalue weighted by molar-refractivity contribution is 0.0823. The maximum Gasteiger partial charge on any atom is 0.219 e. The zero-order valence-electron chi connectivity index (χ0n) is 5.77. The Labute approximate surface area is 81.2 Å². The van der Waals surface area contributed by atoms with Crippen molar-refractivity contribution in [1.29, 1.82) is 0 Å².